The van der Waals surface area contributed by atoms with E-state index in [0.717, 1.165) is 5.76 Å². The molecule has 0 aliphatic heterocycles. The van der Waals surface area contributed by atoms with E-state index in [1.54, 1.807) is 6.07 Å². The summed E-state index contributed by atoms with van der Waals surface area (Å²) >= 11 is 11.8. The maximum Gasteiger partial charge on any atom is 0.251 e. The van der Waals surface area contributed by atoms with E-state index in [4.69, 9.17) is 33.4 Å². The average molecular weight is 299 g/mol. The SMILES string of the molecule is Cc1ccc(CNC(=O)c2cc(Cl)c(N)c(Cl)c2)o1. The van der Waals surface area contributed by atoms with E-state index >= 15 is 0 Å². The van der Waals surface area contributed by atoms with Crippen LogP contribution in [0.2, 0.25) is 10.0 Å². The molecule has 4 nitrogen and oxygen atoms in total. The second-order valence-corrected chi connectivity index (χ2v) is 4.86. The summed E-state index contributed by atoms with van der Waals surface area (Å²) in [5, 5.41) is 3.22. The molecule has 3 N–H and O–H groups in total. The molecule has 0 atom stereocenters. The molecule has 1 aromatic heterocycles. The van der Waals surface area contributed by atoms with Crippen molar-refractivity contribution >= 4 is 34.8 Å². The summed E-state index contributed by atoms with van der Waals surface area (Å²) in [6, 6.07) is 6.59. The van der Waals surface area contributed by atoms with E-state index < -0.39 is 0 Å². The number of amides is 1. The predicted octanol–water partition coefficient (Wildman–Crippen LogP) is 3.41. The highest BCUT2D eigenvalue weighted by Gasteiger charge is 2.11. The number of anilines is 1. The molecule has 0 bridgehead atoms. The maximum atomic E-state index is 11.9. The van der Waals surface area contributed by atoms with E-state index in [0.29, 0.717) is 17.9 Å². The van der Waals surface area contributed by atoms with Gasteiger partial charge < -0.3 is 15.5 Å². The van der Waals surface area contributed by atoms with Gasteiger partial charge in [0.25, 0.3) is 5.91 Å². The number of halogens is 2. The number of hydrogen-bond acceptors (Lipinski definition) is 3. The van der Waals surface area contributed by atoms with Crippen LogP contribution in [-0.2, 0) is 6.54 Å². The van der Waals surface area contributed by atoms with E-state index in [1.807, 2.05) is 13.0 Å². The lowest BCUT2D eigenvalue weighted by Crippen LogP contribution is -2.22. The van der Waals surface area contributed by atoms with Gasteiger partial charge in [0.2, 0.25) is 0 Å². The first-order valence-corrected chi connectivity index (χ1v) is 6.31. The number of benzene rings is 1. The highest BCUT2D eigenvalue weighted by atomic mass is 35.5. The van der Waals surface area contributed by atoms with E-state index in [-0.39, 0.29) is 21.6 Å². The third-order valence-electron chi connectivity index (χ3n) is 2.56. The summed E-state index contributed by atoms with van der Waals surface area (Å²) in [5.41, 5.74) is 6.23. The van der Waals surface area contributed by atoms with Gasteiger partial charge in [-0.15, -0.1) is 0 Å². The van der Waals surface area contributed by atoms with E-state index in [9.17, 15) is 4.79 Å². The van der Waals surface area contributed by atoms with Gasteiger partial charge in [0.05, 0.1) is 22.3 Å². The van der Waals surface area contributed by atoms with Crippen LogP contribution in [0.4, 0.5) is 5.69 Å². The van der Waals surface area contributed by atoms with Gasteiger partial charge in [-0.05, 0) is 31.2 Å². The summed E-state index contributed by atoms with van der Waals surface area (Å²) in [6.45, 7) is 2.14. The fraction of sp³-hybridized carbons (Fsp3) is 0.154. The highest BCUT2D eigenvalue weighted by Crippen LogP contribution is 2.28. The molecule has 100 valence electrons. The van der Waals surface area contributed by atoms with Gasteiger partial charge in [0, 0.05) is 5.56 Å². The summed E-state index contributed by atoms with van der Waals surface area (Å²) in [6.07, 6.45) is 0. The monoisotopic (exact) mass is 298 g/mol. The van der Waals surface area contributed by atoms with Crippen LogP contribution < -0.4 is 11.1 Å². The molecule has 1 amide bonds. The maximum absolute atomic E-state index is 11.9. The largest absolute Gasteiger partial charge is 0.465 e. The quantitative estimate of drug-likeness (QED) is 0.853. The molecular formula is C13H12Cl2N2O2. The molecule has 0 saturated heterocycles. The second kappa shape index (κ2) is 5.55. The van der Waals surface area contributed by atoms with Crippen molar-refractivity contribution in [3.8, 4) is 0 Å². The van der Waals surface area contributed by atoms with Gasteiger partial charge in [0.15, 0.2) is 0 Å². The Bertz CT molecular complexity index is 600. The molecule has 0 aliphatic rings. The summed E-state index contributed by atoms with van der Waals surface area (Å²) in [7, 11) is 0. The third-order valence-corrected chi connectivity index (χ3v) is 3.19. The lowest BCUT2D eigenvalue weighted by Gasteiger charge is -2.07. The molecule has 19 heavy (non-hydrogen) atoms. The van der Waals surface area contributed by atoms with Crippen LogP contribution in [0.5, 0.6) is 0 Å². The van der Waals surface area contributed by atoms with Gasteiger partial charge in [-0.2, -0.15) is 0 Å². The molecule has 0 aliphatic carbocycles. The number of hydrogen-bond donors (Lipinski definition) is 2. The van der Waals surface area contributed by atoms with Crippen molar-refractivity contribution < 1.29 is 9.21 Å². The zero-order chi connectivity index (χ0) is 14.0. The predicted molar refractivity (Wildman–Crippen MR) is 75.5 cm³/mol. The van der Waals surface area contributed by atoms with Gasteiger partial charge in [-0.3, -0.25) is 4.79 Å². The lowest BCUT2D eigenvalue weighted by molar-refractivity contribution is 0.0948. The molecule has 1 aromatic carbocycles. The van der Waals surface area contributed by atoms with Crippen molar-refractivity contribution in [3.63, 3.8) is 0 Å². The zero-order valence-corrected chi connectivity index (χ0v) is 11.7. The number of nitrogens with two attached hydrogens (primary N) is 1. The molecule has 2 aromatic rings. The van der Waals surface area contributed by atoms with Crippen LogP contribution in [0.3, 0.4) is 0 Å². The van der Waals surface area contributed by atoms with Crippen LogP contribution in [0, 0.1) is 6.92 Å². The smallest absolute Gasteiger partial charge is 0.251 e. The first kappa shape index (κ1) is 13.8. The van der Waals surface area contributed by atoms with E-state index in [1.165, 1.54) is 12.1 Å². The molecule has 0 fully saturated rings. The molecule has 0 radical (unpaired) electrons. The summed E-state index contributed by atoms with van der Waals surface area (Å²) in [4.78, 5) is 11.9. The number of furan rings is 1. The molecular weight excluding hydrogens is 287 g/mol. The Hall–Kier alpha value is -1.65. The van der Waals surface area contributed by atoms with E-state index in [2.05, 4.69) is 5.32 Å². The van der Waals surface area contributed by atoms with Crippen LogP contribution >= 0.6 is 23.2 Å². The summed E-state index contributed by atoms with van der Waals surface area (Å²) < 4.78 is 5.35. The Morgan fingerprint density at radius 2 is 1.95 bits per heavy atom. The van der Waals surface area contributed by atoms with Crippen molar-refractivity contribution in [1.29, 1.82) is 0 Å². The Labute approximate surface area is 120 Å². The lowest BCUT2D eigenvalue weighted by atomic mass is 10.2. The van der Waals surface area contributed by atoms with Crippen molar-refractivity contribution in [2.75, 3.05) is 5.73 Å². The minimum Gasteiger partial charge on any atom is -0.465 e. The molecule has 0 saturated carbocycles. The number of rotatable bonds is 3. The van der Waals surface area contributed by atoms with Gasteiger partial charge in [0.1, 0.15) is 11.5 Å². The van der Waals surface area contributed by atoms with Crippen LogP contribution in [0.25, 0.3) is 0 Å². The fourth-order valence-electron chi connectivity index (χ4n) is 1.56. The third kappa shape index (κ3) is 3.22. The first-order valence-electron chi connectivity index (χ1n) is 5.55. The Kier molecular flexibility index (Phi) is 4.02. The number of carbonyl (C=O) groups is 1. The van der Waals surface area contributed by atoms with Crippen molar-refractivity contribution in [2.45, 2.75) is 13.5 Å². The first-order chi connectivity index (χ1) is 8.97. The Morgan fingerprint density at radius 1 is 1.32 bits per heavy atom. The number of carbonyl (C=O) groups excluding carboxylic acids is 1. The van der Waals surface area contributed by atoms with Crippen molar-refractivity contribution in [2.24, 2.45) is 0 Å². The average Bonchev–Trinajstić information content (AvgIpc) is 2.78. The van der Waals surface area contributed by atoms with Crippen LogP contribution in [0.15, 0.2) is 28.7 Å². The Balaban J connectivity index is 2.08. The van der Waals surface area contributed by atoms with Crippen LogP contribution in [0.1, 0.15) is 21.9 Å². The fourth-order valence-corrected chi connectivity index (χ4v) is 2.05. The highest BCUT2D eigenvalue weighted by molar-refractivity contribution is 6.39. The zero-order valence-electron chi connectivity index (χ0n) is 10.2. The van der Waals surface area contributed by atoms with Crippen LogP contribution in [-0.4, -0.2) is 5.91 Å². The molecule has 6 heteroatoms. The number of aryl methyl sites for hydroxylation is 1. The normalized spacial score (nSPS) is 10.5. The standard InChI is InChI=1S/C13H12Cl2N2O2/c1-7-2-3-9(19-7)6-17-13(18)8-4-10(14)12(16)11(15)5-8/h2-5H,6,16H2,1H3,(H,17,18). The molecule has 2 rings (SSSR count). The Morgan fingerprint density at radius 3 is 2.47 bits per heavy atom. The van der Waals surface area contributed by atoms with Gasteiger partial charge >= 0.3 is 0 Å². The molecule has 0 unspecified atom stereocenters. The minimum atomic E-state index is -0.294. The van der Waals surface area contributed by atoms with Gasteiger partial charge in [-0.25, -0.2) is 0 Å². The number of nitrogen functional groups attached to an aromatic ring is 1. The second-order valence-electron chi connectivity index (χ2n) is 4.05. The van der Waals surface area contributed by atoms with Crippen molar-refractivity contribution in [3.05, 3.63) is 51.4 Å². The van der Waals surface area contributed by atoms with Crippen molar-refractivity contribution in [1.82, 2.24) is 5.32 Å². The topological polar surface area (TPSA) is 68.3 Å². The summed E-state index contributed by atoms with van der Waals surface area (Å²) in [5.74, 6) is 1.18. The van der Waals surface area contributed by atoms with Gasteiger partial charge in [-0.1, -0.05) is 23.2 Å². The number of nitrogens with one attached hydrogen (secondary N) is 1. The molecule has 0 spiro atoms. The molecule has 1 heterocycles. The minimum absolute atomic E-state index is 0.256.